The van der Waals surface area contributed by atoms with E-state index in [1.54, 1.807) is 31.2 Å². The van der Waals surface area contributed by atoms with E-state index in [-0.39, 0.29) is 11.5 Å². The summed E-state index contributed by atoms with van der Waals surface area (Å²) in [5.41, 5.74) is 1.69. The maximum Gasteiger partial charge on any atom is 0.339 e. The lowest BCUT2D eigenvalue weighted by atomic mass is 10.1. The molecule has 0 aliphatic carbocycles. The number of pyridine rings is 1. The van der Waals surface area contributed by atoms with Gasteiger partial charge in [-0.1, -0.05) is 18.2 Å². The van der Waals surface area contributed by atoms with Gasteiger partial charge in [-0.05, 0) is 32.4 Å². The van der Waals surface area contributed by atoms with Gasteiger partial charge in [0.15, 0.2) is 15.9 Å². The van der Waals surface area contributed by atoms with Gasteiger partial charge in [-0.3, -0.25) is 9.78 Å². The molecule has 2 aromatic rings. The fraction of sp³-hybridized carbons (Fsp3) is 0.389. The predicted molar refractivity (Wildman–Crippen MR) is 96.6 cm³/mol. The molecule has 1 amide bonds. The number of amides is 1. The van der Waals surface area contributed by atoms with Crippen molar-refractivity contribution in [1.82, 2.24) is 10.3 Å². The molecule has 0 unspecified atom stereocenters. The Morgan fingerprint density at radius 2 is 2.04 bits per heavy atom. The fourth-order valence-corrected chi connectivity index (χ4v) is 4.65. The lowest BCUT2D eigenvalue weighted by Gasteiger charge is -2.17. The van der Waals surface area contributed by atoms with Crippen LogP contribution >= 0.6 is 0 Å². The van der Waals surface area contributed by atoms with Gasteiger partial charge in [0.05, 0.1) is 22.6 Å². The summed E-state index contributed by atoms with van der Waals surface area (Å²) in [5, 5.41) is 3.28. The molecule has 1 saturated heterocycles. The van der Waals surface area contributed by atoms with E-state index in [0.717, 1.165) is 0 Å². The number of benzene rings is 1. The number of esters is 1. The van der Waals surface area contributed by atoms with Crippen LogP contribution in [0.3, 0.4) is 0 Å². The van der Waals surface area contributed by atoms with Crippen molar-refractivity contribution in [1.29, 1.82) is 0 Å². The molecule has 1 aliphatic heterocycles. The average Bonchev–Trinajstić information content (AvgIpc) is 2.92. The van der Waals surface area contributed by atoms with Crippen molar-refractivity contribution in [2.24, 2.45) is 0 Å². The Morgan fingerprint density at radius 1 is 1.31 bits per heavy atom. The standard InChI is InChI=1S/C18H20N2O5S/c1-11-9-15(14-5-3-4-6-16(14)19-11)18(22)25-12(2)17(21)20-13-7-8-26(23,24)10-13/h3-6,9,12-13H,7-8,10H2,1-2H3,(H,20,21)/t12-,13-/m1/s1. The molecule has 8 heteroatoms. The van der Waals surface area contributed by atoms with E-state index < -0.39 is 33.9 Å². The number of fused-ring (bicyclic) bond motifs is 1. The smallest absolute Gasteiger partial charge is 0.339 e. The van der Waals surface area contributed by atoms with Crippen LogP contribution in [-0.2, 0) is 19.4 Å². The van der Waals surface area contributed by atoms with Crippen LogP contribution < -0.4 is 5.32 Å². The van der Waals surface area contributed by atoms with Crippen molar-refractivity contribution in [3.8, 4) is 0 Å². The fourth-order valence-electron chi connectivity index (χ4n) is 2.98. The first-order valence-electron chi connectivity index (χ1n) is 8.33. The van der Waals surface area contributed by atoms with Gasteiger partial charge in [-0.2, -0.15) is 0 Å². The summed E-state index contributed by atoms with van der Waals surface area (Å²) >= 11 is 0. The highest BCUT2D eigenvalue weighted by Crippen LogP contribution is 2.20. The van der Waals surface area contributed by atoms with E-state index in [1.165, 1.54) is 6.92 Å². The second-order valence-corrected chi connectivity index (χ2v) is 8.71. The minimum absolute atomic E-state index is 0.0639. The molecule has 0 saturated carbocycles. The molecule has 26 heavy (non-hydrogen) atoms. The largest absolute Gasteiger partial charge is 0.449 e. The number of hydrogen-bond donors (Lipinski definition) is 1. The summed E-state index contributed by atoms with van der Waals surface area (Å²) in [4.78, 5) is 29.1. The summed E-state index contributed by atoms with van der Waals surface area (Å²) in [6.07, 6.45) is -0.652. The molecule has 1 aromatic carbocycles. The monoisotopic (exact) mass is 376 g/mol. The number of carbonyl (C=O) groups excluding carboxylic acids is 2. The highest BCUT2D eigenvalue weighted by molar-refractivity contribution is 7.91. The van der Waals surface area contributed by atoms with Crippen LogP contribution in [0.25, 0.3) is 10.9 Å². The zero-order valence-corrected chi connectivity index (χ0v) is 15.4. The number of sulfone groups is 1. The van der Waals surface area contributed by atoms with Crippen molar-refractivity contribution >= 4 is 32.6 Å². The van der Waals surface area contributed by atoms with Crippen LogP contribution in [0.4, 0.5) is 0 Å². The summed E-state index contributed by atoms with van der Waals surface area (Å²) < 4.78 is 28.2. The number of rotatable bonds is 4. The highest BCUT2D eigenvalue weighted by Gasteiger charge is 2.31. The van der Waals surface area contributed by atoms with Crippen LogP contribution in [0.15, 0.2) is 30.3 Å². The Labute approximate surface area is 151 Å². The molecule has 0 radical (unpaired) electrons. The Bertz CT molecular complexity index is 971. The minimum Gasteiger partial charge on any atom is -0.449 e. The number of hydrogen-bond acceptors (Lipinski definition) is 6. The lowest BCUT2D eigenvalue weighted by molar-refractivity contribution is -0.129. The van der Waals surface area contributed by atoms with Gasteiger partial charge in [0.2, 0.25) is 0 Å². The molecule has 2 heterocycles. The zero-order chi connectivity index (χ0) is 18.9. The molecule has 1 N–H and O–H groups in total. The lowest BCUT2D eigenvalue weighted by Crippen LogP contribution is -2.42. The predicted octanol–water partition coefficient (Wildman–Crippen LogP) is 1.39. The Kier molecular flexibility index (Phi) is 4.95. The molecule has 0 spiro atoms. The summed E-state index contributed by atoms with van der Waals surface area (Å²) in [7, 11) is -3.09. The topological polar surface area (TPSA) is 102 Å². The van der Waals surface area contributed by atoms with Crippen LogP contribution in [0.1, 0.15) is 29.4 Å². The van der Waals surface area contributed by atoms with Crippen LogP contribution in [0.5, 0.6) is 0 Å². The highest BCUT2D eigenvalue weighted by atomic mass is 32.2. The van der Waals surface area contributed by atoms with E-state index in [1.807, 2.05) is 6.07 Å². The minimum atomic E-state index is -3.09. The van der Waals surface area contributed by atoms with Crippen molar-refractivity contribution in [3.05, 3.63) is 41.6 Å². The third-order valence-electron chi connectivity index (χ3n) is 4.30. The summed E-state index contributed by atoms with van der Waals surface area (Å²) in [6, 6.07) is 8.39. The number of aryl methyl sites for hydroxylation is 1. The maximum absolute atomic E-state index is 12.5. The van der Waals surface area contributed by atoms with E-state index in [9.17, 15) is 18.0 Å². The molecular formula is C18H20N2O5S. The second kappa shape index (κ2) is 7.03. The average molecular weight is 376 g/mol. The molecule has 1 fully saturated rings. The maximum atomic E-state index is 12.5. The van der Waals surface area contributed by atoms with Gasteiger partial charge in [-0.15, -0.1) is 0 Å². The van der Waals surface area contributed by atoms with Crippen molar-refractivity contribution in [2.75, 3.05) is 11.5 Å². The molecule has 1 aromatic heterocycles. The normalized spacial score (nSPS) is 19.8. The van der Waals surface area contributed by atoms with Gasteiger partial charge < -0.3 is 10.1 Å². The second-order valence-electron chi connectivity index (χ2n) is 6.48. The molecule has 138 valence electrons. The number of carbonyl (C=O) groups is 2. The van der Waals surface area contributed by atoms with Crippen LogP contribution in [0.2, 0.25) is 0 Å². The zero-order valence-electron chi connectivity index (χ0n) is 14.6. The van der Waals surface area contributed by atoms with Crippen molar-refractivity contribution in [2.45, 2.75) is 32.4 Å². The Balaban J connectivity index is 1.71. The van der Waals surface area contributed by atoms with Gasteiger partial charge in [0, 0.05) is 17.1 Å². The van der Waals surface area contributed by atoms with Crippen LogP contribution in [-0.4, -0.2) is 48.9 Å². The van der Waals surface area contributed by atoms with Crippen molar-refractivity contribution < 1.29 is 22.7 Å². The Hall–Kier alpha value is -2.48. The van der Waals surface area contributed by atoms with Gasteiger partial charge in [-0.25, -0.2) is 13.2 Å². The molecule has 7 nitrogen and oxygen atoms in total. The number of para-hydroxylation sites is 1. The number of aromatic nitrogens is 1. The first-order chi connectivity index (χ1) is 12.2. The van der Waals surface area contributed by atoms with Crippen LogP contribution in [0, 0.1) is 6.92 Å². The molecule has 3 rings (SSSR count). The third-order valence-corrected chi connectivity index (χ3v) is 6.06. The molecule has 0 bridgehead atoms. The quantitative estimate of drug-likeness (QED) is 0.809. The number of nitrogens with one attached hydrogen (secondary N) is 1. The number of nitrogens with zero attached hydrogens (tertiary/aromatic N) is 1. The summed E-state index contributed by atoms with van der Waals surface area (Å²) in [5.74, 6) is -1.13. The van der Waals surface area contributed by atoms with E-state index in [0.29, 0.717) is 28.6 Å². The Morgan fingerprint density at radius 3 is 2.73 bits per heavy atom. The molecule has 2 atom stereocenters. The van der Waals surface area contributed by atoms with E-state index >= 15 is 0 Å². The van der Waals surface area contributed by atoms with E-state index in [4.69, 9.17) is 4.74 Å². The van der Waals surface area contributed by atoms with E-state index in [2.05, 4.69) is 10.3 Å². The van der Waals surface area contributed by atoms with Gasteiger partial charge >= 0.3 is 5.97 Å². The molecular weight excluding hydrogens is 356 g/mol. The van der Waals surface area contributed by atoms with Gasteiger partial charge in [0.25, 0.3) is 5.91 Å². The first-order valence-corrected chi connectivity index (χ1v) is 10.2. The first kappa shape index (κ1) is 18.3. The van der Waals surface area contributed by atoms with Gasteiger partial charge in [0.1, 0.15) is 0 Å². The SMILES string of the molecule is Cc1cc(C(=O)O[C@H](C)C(=O)N[C@@H]2CCS(=O)(=O)C2)c2ccccc2n1. The third kappa shape index (κ3) is 4.01. The summed E-state index contributed by atoms with van der Waals surface area (Å²) in [6.45, 7) is 3.24. The molecule has 1 aliphatic rings. The number of ether oxygens (including phenoxy) is 1. The van der Waals surface area contributed by atoms with Crippen molar-refractivity contribution in [3.63, 3.8) is 0 Å².